The van der Waals surface area contributed by atoms with Gasteiger partial charge in [0.15, 0.2) is 0 Å². The molecule has 0 unspecified atom stereocenters. The predicted molar refractivity (Wildman–Crippen MR) is 301 cm³/mol. The number of hydrogen-bond donors (Lipinski definition) is 8. The molecular formula is C52H112N8O5S3. The van der Waals surface area contributed by atoms with Gasteiger partial charge < -0.3 is 66.2 Å². The van der Waals surface area contributed by atoms with Crippen LogP contribution in [0.3, 0.4) is 0 Å². The van der Waals surface area contributed by atoms with Gasteiger partial charge in [0.25, 0.3) is 0 Å². The summed E-state index contributed by atoms with van der Waals surface area (Å²) in [4.78, 5) is 0. The summed E-state index contributed by atoms with van der Waals surface area (Å²) in [5.41, 5.74) is 0. The molecular weight excluding hydrogens is 913 g/mol. The van der Waals surface area contributed by atoms with Gasteiger partial charge in [0.2, 0.25) is 0 Å². The van der Waals surface area contributed by atoms with Gasteiger partial charge >= 0.3 is 0 Å². The molecule has 0 amide bonds. The molecule has 0 spiro atoms. The van der Waals surface area contributed by atoms with E-state index in [4.69, 9.17) is 23.7 Å². The van der Waals surface area contributed by atoms with Crippen molar-refractivity contribution in [1.82, 2.24) is 42.5 Å². The van der Waals surface area contributed by atoms with Crippen LogP contribution >= 0.6 is 35.3 Å². The van der Waals surface area contributed by atoms with Crippen LogP contribution < -0.4 is 42.5 Å². The zero-order valence-electron chi connectivity index (χ0n) is 44.0. The van der Waals surface area contributed by atoms with Crippen LogP contribution in [0.1, 0.15) is 141 Å². The van der Waals surface area contributed by atoms with Crippen molar-refractivity contribution in [3.63, 3.8) is 0 Å². The molecule has 0 aromatic carbocycles. The van der Waals surface area contributed by atoms with Crippen molar-refractivity contribution in [2.24, 2.45) is 0 Å². The Hall–Kier alpha value is 0.530. The van der Waals surface area contributed by atoms with Gasteiger partial charge in [0.1, 0.15) is 6.79 Å². The van der Waals surface area contributed by atoms with E-state index in [-0.39, 0.29) is 0 Å². The van der Waals surface area contributed by atoms with E-state index in [1.165, 1.54) is 235 Å². The number of nitrogens with one attached hydrogen (secondary N) is 8. The Bertz CT molecular complexity index is 583. The van der Waals surface area contributed by atoms with Crippen LogP contribution in [0.5, 0.6) is 0 Å². The van der Waals surface area contributed by atoms with Crippen LogP contribution in [0.4, 0.5) is 0 Å². The molecule has 0 aliphatic carbocycles. The average molecular weight is 1030 g/mol. The molecule has 13 nitrogen and oxygen atoms in total. The van der Waals surface area contributed by atoms with Crippen LogP contribution in [0.25, 0.3) is 0 Å². The maximum atomic E-state index is 5.13. The van der Waals surface area contributed by atoms with Gasteiger partial charge in [0, 0.05) is 83.9 Å². The van der Waals surface area contributed by atoms with Gasteiger partial charge in [-0.2, -0.15) is 23.5 Å². The zero-order chi connectivity index (χ0) is 48.1. The minimum Gasteiger partial charge on any atom is -0.381 e. The Morgan fingerprint density at radius 1 is 0.191 bits per heavy atom. The van der Waals surface area contributed by atoms with Gasteiger partial charge in [-0.05, 0) is 197 Å². The lowest BCUT2D eigenvalue weighted by Crippen LogP contribution is -2.39. The fourth-order valence-electron chi connectivity index (χ4n) is 7.35. The Kier molecular flexibility index (Phi) is 62.3. The highest BCUT2D eigenvalue weighted by Crippen LogP contribution is 2.15. The van der Waals surface area contributed by atoms with Crippen molar-refractivity contribution in [3.8, 4) is 0 Å². The second-order valence-corrected chi connectivity index (χ2v) is 21.6. The van der Waals surface area contributed by atoms with Gasteiger partial charge in [-0.15, -0.1) is 11.8 Å². The maximum Gasteiger partial charge on any atom is 0.146 e. The molecule has 408 valence electrons. The quantitative estimate of drug-likeness (QED) is 0.121. The summed E-state index contributed by atoms with van der Waals surface area (Å²) < 4.78 is 24.6. The topological polar surface area (TPSA) is 142 Å². The SMILES string of the molecule is C1CCNC1.C1CCNCC1.C1CCNCC1.C1CCNCC1.C1CCOC1.C1CCOCC1.C1CCSC1.C1CCSCC1.C1CNCCN1.C1CNCCOC1.C1COCO1.C1CSCN1. The van der Waals surface area contributed by atoms with Crippen LogP contribution in [0.2, 0.25) is 0 Å². The molecule has 12 aliphatic rings. The van der Waals surface area contributed by atoms with Gasteiger partial charge in [-0.25, -0.2) is 0 Å². The monoisotopic (exact) mass is 1020 g/mol. The normalized spacial score (nSPS) is 24.0. The third-order valence-electron chi connectivity index (χ3n) is 11.6. The molecule has 0 aromatic rings. The summed E-state index contributed by atoms with van der Waals surface area (Å²) in [5.74, 6) is 8.14. The number of rotatable bonds is 0. The number of piperidine rings is 3. The molecule has 0 atom stereocenters. The summed E-state index contributed by atoms with van der Waals surface area (Å²) >= 11 is 6.13. The largest absolute Gasteiger partial charge is 0.381 e. The highest BCUT2D eigenvalue weighted by atomic mass is 32.2. The molecule has 12 fully saturated rings. The summed E-state index contributed by atoms with van der Waals surface area (Å²) in [6.45, 7) is 25.8. The van der Waals surface area contributed by atoms with E-state index in [9.17, 15) is 0 Å². The Morgan fingerprint density at radius 2 is 0.515 bits per heavy atom. The second kappa shape index (κ2) is 63.6. The van der Waals surface area contributed by atoms with E-state index in [0.717, 1.165) is 92.1 Å². The van der Waals surface area contributed by atoms with E-state index in [0.29, 0.717) is 6.79 Å². The minimum absolute atomic E-state index is 0.500. The lowest BCUT2D eigenvalue weighted by molar-refractivity contribution is 0.0692. The third-order valence-corrected chi connectivity index (χ3v) is 14.8. The molecule has 12 rings (SSSR count). The van der Waals surface area contributed by atoms with Crippen molar-refractivity contribution in [3.05, 3.63) is 0 Å². The molecule has 0 aromatic heterocycles. The van der Waals surface area contributed by atoms with E-state index in [1.807, 2.05) is 11.8 Å². The number of hydrogen-bond acceptors (Lipinski definition) is 16. The zero-order valence-corrected chi connectivity index (χ0v) is 46.5. The molecule has 12 heterocycles. The van der Waals surface area contributed by atoms with Crippen LogP contribution in [-0.4, -0.2) is 192 Å². The first kappa shape index (κ1) is 66.5. The Labute approximate surface area is 433 Å². The van der Waals surface area contributed by atoms with E-state index < -0.39 is 0 Å². The predicted octanol–water partition coefficient (Wildman–Crippen LogP) is 7.50. The van der Waals surface area contributed by atoms with Crippen LogP contribution in [0.15, 0.2) is 0 Å². The Balaban J connectivity index is 0.000000371. The summed E-state index contributed by atoms with van der Waals surface area (Å²) in [5, 5.41) is 25.9. The standard InChI is InChI=1S/C5H11NO.3C5H11N.C5H10O.C5H10S.C4H10N2.C4H9N.C4H8O.C4H8S.C3H7NS.C3H6O2/c1-2-6-3-5-7-4-1;5*1-2-4-6-5-3-1;1-2-6-4-3-5-1;3*1-2-4-5-3-1;2*1-2-5-3-4-1/h6H,1-5H2;3*6H,1-5H2;2*1-5H2;5-6H,1-4H2;5H,1-4H2;2*1-4H2;4H,1-3H2;1-3H2. The molecule has 0 radical (unpaired) electrons. The highest BCUT2D eigenvalue weighted by Gasteiger charge is 2.00. The van der Waals surface area contributed by atoms with Crippen molar-refractivity contribution < 1.29 is 23.7 Å². The smallest absolute Gasteiger partial charge is 0.146 e. The summed E-state index contributed by atoms with van der Waals surface area (Å²) in [7, 11) is 0. The maximum absolute atomic E-state index is 5.13. The van der Waals surface area contributed by atoms with E-state index in [2.05, 4.69) is 66.1 Å². The van der Waals surface area contributed by atoms with E-state index in [1.54, 1.807) is 0 Å². The molecule has 0 saturated carbocycles. The lowest BCUT2D eigenvalue weighted by Gasteiger charge is -2.11. The summed E-state index contributed by atoms with van der Waals surface area (Å²) in [6, 6.07) is 0. The van der Waals surface area contributed by atoms with Gasteiger partial charge in [-0.3, -0.25) is 0 Å². The van der Waals surface area contributed by atoms with Gasteiger partial charge in [-0.1, -0.05) is 25.7 Å². The number of thioether (sulfide) groups is 3. The lowest BCUT2D eigenvalue weighted by atomic mass is 10.2. The Morgan fingerprint density at radius 3 is 0.750 bits per heavy atom. The van der Waals surface area contributed by atoms with Crippen LogP contribution in [0, 0.1) is 0 Å². The van der Waals surface area contributed by atoms with Crippen molar-refractivity contribution >= 4 is 35.3 Å². The molecule has 0 bridgehead atoms. The fourth-order valence-corrected chi connectivity index (χ4v) is 10.1. The van der Waals surface area contributed by atoms with Crippen molar-refractivity contribution in [2.75, 3.05) is 192 Å². The van der Waals surface area contributed by atoms with Crippen molar-refractivity contribution in [1.29, 1.82) is 0 Å². The molecule has 16 heteroatoms. The molecule has 68 heavy (non-hydrogen) atoms. The van der Waals surface area contributed by atoms with E-state index >= 15 is 0 Å². The highest BCUT2D eigenvalue weighted by molar-refractivity contribution is 7.99. The average Bonchev–Trinajstić information content (AvgIpc) is 4.32. The fraction of sp³-hybridized carbons (Fsp3) is 1.00. The molecule has 8 N–H and O–H groups in total. The molecule has 12 aliphatic heterocycles. The second-order valence-electron chi connectivity index (χ2n) is 18.1. The summed E-state index contributed by atoms with van der Waals surface area (Å²) in [6.07, 6.45) is 30.4. The van der Waals surface area contributed by atoms with Gasteiger partial charge in [0.05, 0.1) is 19.8 Å². The number of ether oxygens (including phenoxy) is 5. The first-order valence-electron chi connectivity index (χ1n) is 28.3. The van der Waals surface area contributed by atoms with Crippen molar-refractivity contribution in [2.45, 2.75) is 141 Å². The first-order chi connectivity index (χ1) is 34.0. The first-order valence-corrected chi connectivity index (χ1v) is 31.7. The molecule has 12 saturated heterocycles. The van der Waals surface area contributed by atoms with Crippen LogP contribution in [-0.2, 0) is 23.7 Å². The minimum atomic E-state index is 0.500. The number of piperazine rings is 1. The third kappa shape index (κ3) is 60.8.